The van der Waals surface area contributed by atoms with Crippen LogP contribution in [-0.2, 0) is 16.1 Å². The summed E-state index contributed by atoms with van der Waals surface area (Å²) in [7, 11) is 3.97. The van der Waals surface area contributed by atoms with Crippen molar-refractivity contribution < 1.29 is 33.6 Å². The molecule has 1 amide bonds. The molecule has 5 rings (SSSR count). The zero-order chi connectivity index (χ0) is 35.6. The van der Waals surface area contributed by atoms with Crippen LogP contribution in [0.25, 0.3) is 17.2 Å². The number of carboxylic acid groups (broad SMARTS) is 1. The van der Waals surface area contributed by atoms with Gasteiger partial charge in [0.25, 0.3) is 5.91 Å². The Kier molecular flexibility index (Phi) is 13.6. The number of benzene rings is 3. The van der Waals surface area contributed by atoms with Gasteiger partial charge >= 0.3 is 5.97 Å². The van der Waals surface area contributed by atoms with E-state index in [-0.39, 0.29) is 11.5 Å². The Balaban J connectivity index is 1.28. The van der Waals surface area contributed by atoms with E-state index in [9.17, 15) is 14.7 Å². The van der Waals surface area contributed by atoms with Crippen molar-refractivity contribution in [2.45, 2.75) is 19.9 Å². The molecule has 2 fully saturated rings. The van der Waals surface area contributed by atoms with Crippen LogP contribution < -0.4 is 14.2 Å². The lowest BCUT2D eigenvalue weighted by atomic mass is 10.0. The van der Waals surface area contributed by atoms with E-state index >= 15 is 0 Å². The fourth-order valence-electron chi connectivity index (χ4n) is 5.48. The minimum absolute atomic E-state index is 0.174. The molecule has 0 aromatic heterocycles. The van der Waals surface area contributed by atoms with E-state index in [0.29, 0.717) is 84.0 Å². The number of carbonyl (C=O) groups is 2. The van der Waals surface area contributed by atoms with Crippen LogP contribution >= 0.6 is 35.6 Å². The summed E-state index contributed by atoms with van der Waals surface area (Å²) in [4.78, 5) is 31.6. The summed E-state index contributed by atoms with van der Waals surface area (Å²) in [5.74, 6) is 0.755. The smallest absolute Gasteiger partial charge is 0.335 e. The molecule has 0 atom stereocenters. The molecule has 2 saturated heterocycles. The van der Waals surface area contributed by atoms with Crippen molar-refractivity contribution >= 4 is 57.9 Å². The van der Waals surface area contributed by atoms with Gasteiger partial charge in [0, 0.05) is 43.9 Å². The summed E-state index contributed by atoms with van der Waals surface area (Å²) in [5.41, 5.74) is 3.60. The predicted molar refractivity (Wildman–Crippen MR) is 202 cm³/mol. The number of hydrogen-bond donors (Lipinski definition) is 1. The van der Waals surface area contributed by atoms with Crippen LogP contribution in [0.5, 0.6) is 17.2 Å². The largest absolute Gasteiger partial charge is 0.493 e. The van der Waals surface area contributed by atoms with Crippen LogP contribution in [0.3, 0.4) is 0 Å². The SMILES string of the molecule is CCOc1ccc(-c2ccc(OCCN(C)C)c(C=C3SC(=S)N(CCCOc4ccc(C(=O)O)cc4CN4CCOCC4)C3=O)c2)cc1Cl. The Morgan fingerprint density at radius 3 is 2.40 bits per heavy atom. The summed E-state index contributed by atoms with van der Waals surface area (Å²) in [6.07, 6.45) is 2.37. The van der Waals surface area contributed by atoms with Gasteiger partial charge in [0.05, 0.1) is 41.9 Å². The zero-order valence-electron chi connectivity index (χ0n) is 28.5. The highest BCUT2D eigenvalue weighted by atomic mass is 35.5. The van der Waals surface area contributed by atoms with E-state index in [1.165, 1.54) is 11.8 Å². The minimum Gasteiger partial charge on any atom is -0.493 e. The third-order valence-corrected chi connectivity index (χ3v) is 9.79. The topological polar surface area (TPSA) is 101 Å². The molecular weight excluding hydrogens is 698 g/mol. The number of halogens is 1. The molecule has 266 valence electrons. The second-order valence-electron chi connectivity index (χ2n) is 12.0. The van der Waals surface area contributed by atoms with E-state index in [1.807, 2.05) is 68.4 Å². The molecule has 50 heavy (non-hydrogen) atoms. The number of nitrogens with zero attached hydrogens (tertiary/aromatic N) is 3. The number of hydrogen-bond acceptors (Lipinski definition) is 10. The normalized spacial score (nSPS) is 16.0. The first-order valence-electron chi connectivity index (χ1n) is 16.5. The van der Waals surface area contributed by atoms with Crippen molar-refractivity contribution in [3.63, 3.8) is 0 Å². The lowest BCUT2D eigenvalue weighted by Gasteiger charge is -2.27. The Labute approximate surface area is 307 Å². The van der Waals surface area contributed by atoms with Gasteiger partial charge in [-0.25, -0.2) is 4.79 Å². The van der Waals surface area contributed by atoms with Crippen molar-refractivity contribution in [1.29, 1.82) is 0 Å². The molecule has 1 N–H and O–H groups in total. The highest BCUT2D eigenvalue weighted by Gasteiger charge is 2.32. The lowest BCUT2D eigenvalue weighted by Crippen LogP contribution is -2.35. The third kappa shape index (κ3) is 9.99. The number of rotatable bonds is 16. The number of thiocarbonyl (C=S) groups is 1. The Bertz CT molecular complexity index is 1730. The number of carboxylic acids is 1. The maximum atomic E-state index is 13.6. The maximum absolute atomic E-state index is 13.6. The van der Waals surface area contributed by atoms with Crippen molar-refractivity contribution in [3.8, 4) is 28.4 Å². The molecule has 0 aliphatic carbocycles. The Morgan fingerprint density at radius 1 is 1.00 bits per heavy atom. The predicted octanol–water partition coefficient (Wildman–Crippen LogP) is 6.55. The van der Waals surface area contributed by atoms with Crippen molar-refractivity contribution in [1.82, 2.24) is 14.7 Å². The van der Waals surface area contributed by atoms with Crippen LogP contribution in [0.15, 0.2) is 59.5 Å². The van der Waals surface area contributed by atoms with Crippen molar-refractivity contribution in [2.24, 2.45) is 0 Å². The van der Waals surface area contributed by atoms with Crippen LogP contribution in [0, 0.1) is 0 Å². The highest BCUT2D eigenvalue weighted by molar-refractivity contribution is 8.26. The number of morpholine rings is 1. The molecule has 0 radical (unpaired) electrons. The standard InChI is InChI=1S/C37H42ClN3O7S2/c1-4-46-33-11-7-26(22-30(33)38)25-6-9-31(48-19-13-39(2)3)28(20-25)23-34-35(42)41(37(49)50-34)12-5-16-47-32-10-8-27(36(43)44)21-29(32)24-40-14-17-45-18-15-40/h6-11,20-23H,4-5,12-19,24H2,1-3H3,(H,43,44). The molecule has 0 bridgehead atoms. The van der Waals surface area contributed by atoms with E-state index in [0.717, 1.165) is 41.9 Å². The molecule has 2 aliphatic heterocycles. The van der Waals surface area contributed by atoms with Crippen LogP contribution in [-0.4, -0.2) is 109 Å². The van der Waals surface area contributed by atoms with Gasteiger partial charge in [0.2, 0.25) is 0 Å². The van der Waals surface area contributed by atoms with E-state index < -0.39 is 5.97 Å². The number of thioether (sulfide) groups is 1. The van der Waals surface area contributed by atoms with Gasteiger partial charge in [0.15, 0.2) is 0 Å². The molecule has 10 nitrogen and oxygen atoms in total. The summed E-state index contributed by atoms with van der Waals surface area (Å²) >= 11 is 13.4. The van der Waals surface area contributed by atoms with Gasteiger partial charge in [-0.2, -0.15) is 0 Å². The number of carbonyl (C=O) groups excluding carboxylic acids is 1. The fourth-order valence-corrected chi connectivity index (χ4v) is 7.01. The quantitative estimate of drug-likeness (QED) is 0.0984. The van der Waals surface area contributed by atoms with Crippen molar-refractivity contribution in [2.75, 3.05) is 73.3 Å². The van der Waals surface area contributed by atoms with Gasteiger partial charge in [-0.1, -0.05) is 47.7 Å². The lowest BCUT2D eigenvalue weighted by molar-refractivity contribution is -0.122. The average molecular weight is 740 g/mol. The first-order chi connectivity index (χ1) is 24.1. The van der Waals surface area contributed by atoms with Crippen LogP contribution in [0.1, 0.15) is 34.8 Å². The Hall–Kier alpha value is -3.65. The van der Waals surface area contributed by atoms with Crippen LogP contribution in [0.4, 0.5) is 0 Å². The summed E-state index contributed by atoms with van der Waals surface area (Å²) in [6, 6.07) is 16.5. The summed E-state index contributed by atoms with van der Waals surface area (Å²) in [6.45, 7) is 7.73. The Morgan fingerprint density at radius 2 is 1.70 bits per heavy atom. The third-order valence-electron chi connectivity index (χ3n) is 8.12. The molecule has 3 aromatic rings. The van der Waals surface area contributed by atoms with E-state index in [4.69, 9.17) is 42.8 Å². The summed E-state index contributed by atoms with van der Waals surface area (Å²) < 4.78 is 23.8. The molecule has 2 aliphatic rings. The molecular formula is C37H42ClN3O7S2. The molecule has 2 heterocycles. The van der Waals surface area contributed by atoms with Gasteiger partial charge in [-0.15, -0.1) is 0 Å². The van der Waals surface area contributed by atoms with Gasteiger partial charge in [-0.3, -0.25) is 14.6 Å². The number of ether oxygens (including phenoxy) is 4. The minimum atomic E-state index is -0.985. The van der Waals surface area contributed by atoms with Gasteiger partial charge in [0.1, 0.15) is 28.2 Å². The first kappa shape index (κ1) is 37.6. The van der Waals surface area contributed by atoms with Crippen molar-refractivity contribution in [3.05, 3.63) is 81.2 Å². The fraction of sp³-hybridized carbons (Fsp3) is 0.378. The molecule has 0 unspecified atom stereocenters. The molecule has 0 spiro atoms. The second-order valence-corrected chi connectivity index (χ2v) is 14.1. The second kappa shape index (κ2) is 18.0. The zero-order valence-corrected chi connectivity index (χ0v) is 30.9. The monoisotopic (exact) mass is 739 g/mol. The molecule has 3 aromatic carbocycles. The van der Waals surface area contributed by atoms with E-state index in [2.05, 4.69) is 4.90 Å². The maximum Gasteiger partial charge on any atom is 0.335 e. The number of aromatic carboxylic acids is 1. The summed E-state index contributed by atoms with van der Waals surface area (Å²) in [5, 5.41) is 10.1. The average Bonchev–Trinajstić information content (AvgIpc) is 3.36. The van der Waals surface area contributed by atoms with Gasteiger partial charge < -0.3 is 29.0 Å². The number of amides is 1. The van der Waals surface area contributed by atoms with E-state index in [1.54, 1.807) is 23.1 Å². The van der Waals surface area contributed by atoms with Crippen LogP contribution in [0.2, 0.25) is 5.02 Å². The molecule has 13 heteroatoms. The number of likely N-dealkylation sites (N-methyl/N-ethyl adjacent to an activating group) is 1. The molecule has 0 saturated carbocycles. The first-order valence-corrected chi connectivity index (χ1v) is 18.1. The highest BCUT2D eigenvalue weighted by Crippen LogP contribution is 2.37. The van der Waals surface area contributed by atoms with Gasteiger partial charge in [-0.05, 0) is 87.1 Å².